The molecule has 0 spiro atoms. The maximum absolute atomic E-state index is 13.0. The highest BCUT2D eigenvalue weighted by Crippen LogP contribution is 2.76. The number of fused-ring (bicyclic) bond motifs is 7. The summed E-state index contributed by atoms with van der Waals surface area (Å²) in [5, 5.41) is 84.5. The minimum atomic E-state index is -1.68. The van der Waals surface area contributed by atoms with Crippen LogP contribution in [0, 0.1) is 50.2 Å². The van der Waals surface area contributed by atoms with Crippen molar-refractivity contribution in [1.29, 1.82) is 0 Å². The van der Waals surface area contributed by atoms with Gasteiger partial charge in [-0.05, 0) is 104 Å². The second-order valence-corrected chi connectivity index (χ2v) is 20.1. The fourth-order valence-electron chi connectivity index (χ4n) is 13.4. The Kier molecular flexibility index (Phi) is 10.6. The van der Waals surface area contributed by atoms with E-state index in [0.717, 1.165) is 51.4 Å². The van der Waals surface area contributed by atoms with E-state index in [-0.39, 0.29) is 46.7 Å². The average Bonchev–Trinajstić information content (AvgIpc) is 3.12. The molecule has 13 heteroatoms. The molecule has 6 fully saturated rings. The average molecular weight is 767 g/mol. The summed E-state index contributed by atoms with van der Waals surface area (Å²) in [6, 6.07) is 0. The van der Waals surface area contributed by atoms with Gasteiger partial charge in [0, 0.05) is 5.41 Å². The van der Waals surface area contributed by atoms with Gasteiger partial charge in [0.1, 0.15) is 42.7 Å². The van der Waals surface area contributed by atoms with Crippen LogP contribution in [0.15, 0.2) is 11.6 Å². The van der Waals surface area contributed by atoms with E-state index in [1.165, 1.54) is 5.57 Å². The molecule has 0 unspecified atom stereocenters. The number of carbonyl (C=O) groups is 1. The lowest BCUT2D eigenvalue weighted by Gasteiger charge is -2.71. The van der Waals surface area contributed by atoms with E-state index in [9.17, 15) is 45.6 Å². The molecule has 2 heterocycles. The van der Waals surface area contributed by atoms with Crippen LogP contribution in [0.2, 0.25) is 0 Å². The summed E-state index contributed by atoms with van der Waals surface area (Å²) in [7, 11) is 0. The maximum atomic E-state index is 13.0. The van der Waals surface area contributed by atoms with Gasteiger partial charge in [-0.2, -0.15) is 0 Å². The van der Waals surface area contributed by atoms with Gasteiger partial charge < -0.3 is 59.8 Å². The van der Waals surface area contributed by atoms with E-state index in [2.05, 4.69) is 47.6 Å². The van der Waals surface area contributed by atoms with E-state index in [1.54, 1.807) is 0 Å². The van der Waals surface area contributed by atoms with E-state index >= 15 is 0 Å². The van der Waals surface area contributed by atoms with Gasteiger partial charge in [-0.3, -0.25) is 4.79 Å². The van der Waals surface area contributed by atoms with Crippen LogP contribution in [0.3, 0.4) is 0 Å². The van der Waals surface area contributed by atoms with Gasteiger partial charge in [-0.15, -0.1) is 0 Å². The van der Waals surface area contributed by atoms with Gasteiger partial charge in [-0.25, -0.2) is 0 Å². The van der Waals surface area contributed by atoms with E-state index in [1.807, 2.05) is 0 Å². The van der Waals surface area contributed by atoms with Crippen LogP contribution in [0.25, 0.3) is 0 Å². The third-order valence-corrected chi connectivity index (χ3v) is 17.0. The van der Waals surface area contributed by atoms with Crippen LogP contribution in [-0.2, 0) is 23.7 Å². The first kappa shape index (κ1) is 40.9. The summed E-state index contributed by atoms with van der Waals surface area (Å²) in [6.07, 6.45) is -2.86. The summed E-state index contributed by atoms with van der Waals surface area (Å²) in [5.41, 5.74) is -0.234. The van der Waals surface area contributed by atoms with Crippen molar-refractivity contribution in [3.63, 3.8) is 0 Å². The Labute approximate surface area is 319 Å². The van der Waals surface area contributed by atoms with Crippen LogP contribution < -0.4 is 0 Å². The SMILES string of the molecule is CC1(C)CC[C@@]2(C(=O)O)CC[C@]3(C)C(=CC[C@@H]4[C@@]5(C)CC[C@@H](O[C@H]6OC[C@H](O[C@H]7O[C@@H](CO)[C@H](O)[C@@H](O)[C@@H]7O)[C@@H](O)[C@@H]6O)[C@](C)(CO)[C@@H]5CC[C@]43C)[C@H]2C1. The predicted octanol–water partition coefficient (Wildman–Crippen LogP) is 2.49. The molecule has 2 aliphatic heterocycles. The molecule has 0 amide bonds. The molecule has 18 atom stereocenters. The normalized spacial score (nSPS) is 54.3. The molecule has 0 aromatic carbocycles. The highest BCUT2D eigenvalue weighted by Gasteiger charge is 2.70. The van der Waals surface area contributed by atoms with Crippen molar-refractivity contribution in [2.75, 3.05) is 19.8 Å². The van der Waals surface area contributed by atoms with Crippen LogP contribution in [0.1, 0.15) is 106 Å². The van der Waals surface area contributed by atoms with E-state index in [0.29, 0.717) is 18.8 Å². The Morgan fingerprint density at radius 3 is 2.15 bits per heavy atom. The lowest BCUT2D eigenvalue weighted by molar-refractivity contribution is -0.352. The molecule has 8 N–H and O–H groups in total. The van der Waals surface area contributed by atoms with Crippen LogP contribution in [-0.4, -0.2) is 128 Å². The zero-order chi connectivity index (χ0) is 39.4. The van der Waals surface area contributed by atoms with Crippen molar-refractivity contribution < 1.29 is 64.6 Å². The van der Waals surface area contributed by atoms with Crippen molar-refractivity contribution in [2.45, 2.75) is 167 Å². The Bertz CT molecular complexity index is 1450. The largest absolute Gasteiger partial charge is 0.481 e. The number of carboxylic acid groups (broad SMARTS) is 1. The highest BCUT2D eigenvalue weighted by molar-refractivity contribution is 5.76. The molecule has 13 nitrogen and oxygen atoms in total. The van der Waals surface area contributed by atoms with Crippen molar-refractivity contribution in [3.05, 3.63) is 11.6 Å². The summed E-state index contributed by atoms with van der Waals surface area (Å²) in [6.45, 7) is 12.9. The number of ether oxygens (including phenoxy) is 4. The lowest BCUT2D eigenvalue weighted by atomic mass is 9.33. The van der Waals surface area contributed by atoms with Crippen molar-refractivity contribution in [2.24, 2.45) is 50.2 Å². The molecule has 0 aromatic rings. The fourth-order valence-corrected chi connectivity index (χ4v) is 13.4. The molecule has 0 radical (unpaired) electrons. The first-order valence-corrected chi connectivity index (χ1v) is 20.4. The number of aliphatic hydroxyl groups is 7. The number of hydrogen-bond acceptors (Lipinski definition) is 12. The monoisotopic (exact) mass is 766 g/mol. The van der Waals surface area contributed by atoms with Gasteiger partial charge in [0.05, 0.1) is 31.3 Å². The van der Waals surface area contributed by atoms with Crippen molar-refractivity contribution >= 4 is 5.97 Å². The zero-order valence-corrected chi connectivity index (χ0v) is 32.9. The number of allylic oxidation sites excluding steroid dienone is 2. The Morgan fingerprint density at radius 2 is 1.48 bits per heavy atom. The van der Waals surface area contributed by atoms with Gasteiger partial charge in [0.2, 0.25) is 0 Å². The van der Waals surface area contributed by atoms with Crippen molar-refractivity contribution in [3.8, 4) is 0 Å². The van der Waals surface area contributed by atoms with E-state index < -0.39 is 84.8 Å². The fraction of sp³-hybridized carbons (Fsp3) is 0.927. The summed E-state index contributed by atoms with van der Waals surface area (Å²) >= 11 is 0. The first-order valence-electron chi connectivity index (χ1n) is 20.4. The minimum absolute atomic E-state index is 0.0344. The molecule has 2 saturated heterocycles. The Hall–Kier alpha value is -1.23. The smallest absolute Gasteiger partial charge is 0.310 e. The number of hydrogen-bond donors (Lipinski definition) is 8. The lowest BCUT2D eigenvalue weighted by Crippen LogP contribution is -2.67. The molecule has 7 aliphatic rings. The molecule has 0 bridgehead atoms. The minimum Gasteiger partial charge on any atom is -0.481 e. The molecular formula is C41H66O13. The van der Waals surface area contributed by atoms with Gasteiger partial charge >= 0.3 is 5.97 Å². The second-order valence-electron chi connectivity index (χ2n) is 20.1. The van der Waals surface area contributed by atoms with Gasteiger partial charge in [0.15, 0.2) is 12.6 Å². The molecule has 4 saturated carbocycles. The quantitative estimate of drug-likeness (QED) is 0.138. The molecule has 54 heavy (non-hydrogen) atoms. The van der Waals surface area contributed by atoms with Crippen LogP contribution in [0.5, 0.6) is 0 Å². The summed E-state index contributed by atoms with van der Waals surface area (Å²) in [5.74, 6) is -0.194. The Balaban J connectivity index is 1.08. The van der Waals surface area contributed by atoms with E-state index in [4.69, 9.17) is 18.9 Å². The number of carboxylic acids is 1. The highest BCUT2D eigenvalue weighted by atomic mass is 16.7. The predicted molar refractivity (Wildman–Crippen MR) is 193 cm³/mol. The van der Waals surface area contributed by atoms with Gasteiger partial charge in [-0.1, -0.05) is 53.2 Å². The Morgan fingerprint density at radius 1 is 0.796 bits per heavy atom. The number of aliphatic hydroxyl groups excluding tert-OH is 7. The first-order chi connectivity index (χ1) is 25.2. The standard InChI is InChI=1S/C41H66O13/c1-36(2)13-15-41(35(49)50)16-14-39(5)21(22(41)17-36)7-8-26-37(3)11-10-27(38(4,20-43)25(37)9-12-40(26,39)6)54-33-31(47)29(45)24(19-51-33)53-34-32(48)30(46)28(44)23(18-42)52-34/h7,22-34,42-48H,8-20H2,1-6H3,(H,49,50)/t22-,23+,24+,25-,26-,27-,28+,29-,30-,31+,32+,33-,34-,37+,38-,39-,40-,41-/m1/s1. The number of aliphatic carboxylic acids is 1. The molecular weight excluding hydrogens is 700 g/mol. The molecule has 7 rings (SSSR count). The number of rotatable bonds is 7. The topological polar surface area (TPSA) is 216 Å². The third kappa shape index (κ3) is 5.92. The summed E-state index contributed by atoms with van der Waals surface area (Å²) in [4.78, 5) is 13.0. The molecule has 308 valence electrons. The molecule has 5 aliphatic carbocycles. The third-order valence-electron chi connectivity index (χ3n) is 17.0. The molecule has 0 aromatic heterocycles. The maximum Gasteiger partial charge on any atom is 0.310 e. The van der Waals surface area contributed by atoms with Crippen LogP contribution >= 0.6 is 0 Å². The van der Waals surface area contributed by atoms with Crippen LogP contribution in [0.4, 0.5) is 0 Å². The second kappa shape index (κ2) is 14.0. The van der Waals surface area contributed by atoms with Crippen molar-refractivity contribution in [1.82, 2.24) is 0 Å². The van der Waals surface area contributed by atoms with Gasteiger partial charge in [0.25, 0.3) is 0 Å². The zero-order valence-electron chi connectivity index (χ0n) is 32.9. The summed E-state index contributed by atoms with van der Waals surface area (Å²) < 4.78 is 23.6.